The zero-order chi connectivity index (χ0) is 21.1. The van der Waals surface area contributed by atoms with Crippen LogP contribution < -0.4 is 5.32 Å². The van der Waals surface area contributed by atoms with Gasteiger partial charge in [0.15, 0.2) is 5.69 Å². The summed E-state index contributed by atoms with van der Waals surface area (Å²) < 4.78 is 6.69. The smallest absolute Gasteiger partial charge is 0.272 e. The number of halogens is 1. The molecule has 30 heavy (non-hydrogen) atoms. The Morgan fingerprint density at radius 2 is 2.10 bits per heavy atom. The van der Waals surface area contributed by atoms with E-state index in [0.717, 1.165) is 11.3 Å². The zero-order valence-electron chi connectivity index (χ0n) is 16.4. The highest BCUT2D eigenvalue weighted by Crippen LogP contribution is 2.26. The van der Waals surface area contributed by atoms with Crippen LogP contribution in [0.1, 0.15) is 26.7 Å². The maximum atomic E-state index is 13.0. The molecule has 0 atom stereocenters. The lowest BCUT2D eigenvalue weighted by Crippen LogP contribution is -2.38. The number of hydrogen-bond acceptors (Lipinski definition) is 5. The van der Waals surface area contributed by atoms with E-state index in [9.17, 15) is 9.59 Å². The van der Waals surface area contributed by atoms with Gasteiger partial charge in [-0.15, -0.1) is 0 Å². The van der Waals surface area contributed by atoms with Crippen LogP contribution in [0.5, 0.6) is 0 Å². The van der Waals surface area contributed by atoms with Crippen molar-refractivity contribution >= 4 is 23.4 Å². The molecule has 0 spiro atoms. The van der Waals surface area contributed by atoms with Crippen molar-refractivity contribution in [1.82, 2.24) is 30.2 Å². The first-order chi connectivity index (χ1) is 14.6. The summed E-state index contributed by atoms with van der Waals surface area (Å²) >= 11 is 6.22. The molecule has 10 heteroatoms. The fourth-order valence-corrected chi connectivity index (χ4v) is 3.55. The molecule has 3 heterocycles. The minimum Gasteiger partial charge on any atom is -0.383 e. The highest BCUT2D eigenvalue weighted by Gasteiger charge is 2.26. The van der Waals surface area contributed by atoms with Crippen LogP contribution >= 0.6 is 11.6 Å². The van der Waals surface area contributed by atoms with Gasteiger partial charge in [-0.1, -0.05) is 29.8 Å². The van der Waals surface area contributed by atoms with E-state index in [2.05, 4.69) is 20.6 Å². The van der Waals surface area contributed by atoms with Gasteiger partial charge in [0, 0.05) is 25.8 Å². The molecule has 0 saturated heterocycles. The first-order valence-electron chi connectivity index (χ1n) is 9.50. The number of hydrogen-bond donors (Lipinski definition) is 2. The predicted molar refractivity (Wildman–Crippen MR) is 110 cm³/mol. The Hall–Kier alpha value is -3.17. The Labute approximate surface area is 178 Å². The number of rotatable bonds is 6. The molecule has 156 valence electrons. The number of amides is 2. The molecule has 4 rings (SSSR count). The molecule has 0 radical (unpaired) electrons. The minimum atomic E-state index is -0.259. The molecule has 1 aliphatic rings. The fourth-order valence-electron chi connectivity index (χ4n) is 3.32. The average molecular weight is 429 g/mol. The van der Waals surface area contributed by atoms with Gasteiger partial charge in [-0.05, 0) is 18.2 Å². The Bertz CT molecular complexity index is 1080. The maximum absolute atomic E-state index is 13.0. The average Bonchev–Trinajstić information content (AvgIpc) is 3.40. The molecular weight excluding hydrogens is 408 g/mol. The standard InChI is InChI=1S/C20H21ClN6O3/c1-30-9-6-22-19(28)17-10-13-12-26(7-8-27(13)25-17)20(29)18-11-16(23-24-18)14-4-2-3-5-15(14)21/h2-5,10-11H,6-9,12H2,1H3,(H,22,28)(H,23,24). The van der Waals surface area contributed by atoms with Crippen LogP contribution in [0.15, 0.2) is 36.4 Å². The van der Waals surface area contributed by atoms with E-state index in [4.69, 9.17) is 16.3 Å². The number of nitrogens with one attached hydrogen (secondary N) is 2. The van der Waals surface area contributed by atoms with Crippen molar-refractivity contribution in [3.05, 3.63) is 58.5 Å². The minimum absolute atomic E-state index is 0.167. The van der Waals surface area contributed by atoms with E-state index in [1.807, 2.05) is 18.2 Å². The second-order valence-corrected chi connectivity index (χ2v) is 7.27. The summed E-state index contributed by atoms with van der Waals surface area (Å²) in [5.74, 6) is -0.427. The van der Waals surface area contributed by atoms with Crippen molar-refractivity contribution in [2.24, 2.45) is 0 Å². The third-order valence-electron chi connectivity index (χ3n) is 4.87. The van der Waals surface area contributed by atoms with Gasteiger partial charge in [-0.3, -0.25) is 19.4 Å². The summed E-state index contributed by atoms with van der Waals surface area (Å²) in [6.07, 6.45) is 0. The molecule has 0 saturated carbocycles. The van der Waals surface area contributed by atoms with Crippen LogP contribution in [-0.4, -0.2) is 63.5 Å². The predicted octanol–water partition coefficient (Wildman–Crippen LogP) is 1.96. The van der Waals surface area contributed by atoms with Gasteiger partial charge in [-0.2, -0.15) is 10.2 Å². The largest absolute Gasteiger partial charge is 0.383 e. The number of H-pyrrole nitrogens is 1. The Kier molecular flexibility index (Phi) is 5.82. The Morgan fingerprint density at radius 3 is 2.90 bits per heavy atom. The van der Waals surface area contributed by atoms with Crippen molar-refractivity contribution in [3.63, 3.8) is 0 Å². The first kappa shape index (κ1) is 20.1. The summed E-state index contributed by atoms with van der Waals surface area (Å²) in [4.78, 5) is 26.8. The van der Waals surface area contributed by atoms with E-state index >= 15 is 0 Å². The van der Waals surface area contributed by atoms with Gasteiger partial charge < -0.3 is 15.0 Å². The molecule has 2 amide bonds. The molecule has 0 unspecified atom stereocenters. The number of methoxy groups -OCH3 is 1. The zero-order valence-corrected chi connectivity index (χ0v) is 17.1. The first-order valence-corrected chi connectivity index (χ1v) is 9.88. The van der Waals surface area contributed by atoms with Crippen molar-refractivity contribution in [3.8, 4) is 11.3 Å². The van der Waals surface area contributed by atoms with Gasteiger partial charge in [0.2, 0.25) is 0 Å². The normalized spacial score (nSPS) is 13.2. The summed E-state index contributed by atoms with van der Waals surface area (Å²) in [5.41, 5.74) is 2.89. The van der Waals surface area contributed by atoms with E-state index < -0.39 is 0 Å². The third kappa shape index (κ3) is 4.07. The summed E-state index contributed by atoms with van der Waals surface area (Å²) in [5, 5.41) is 14.7. The SMILES string of the molecule is COCCNC(=O)c1cc2n(n1)CCN(C(=O)c1cc(-c3ccccc3Cl)n[nH]1)C2. The summed E-state index contributed by atoms with van der Waals surface area (Å²) in [6, 6.07) is 10.8. The number of nitrogens with zero attached hydrogens (tertiary/aromatic N) is 4. The number of ether oxygens (including phenoxy) is 1. The summed E-state index contributed by atoms with van der Waals surface area (Å²) in [7, 11) is 1.57. The Morgan fingerprint density at radius 1 is 1.27 bits per heavy atom. The topological polar surface area (TPSA) is 105 Å². The number of aromatic amines is 1. The van der Waals surface area contributed by atoms with Crippen LogP contribution in [0.3, 0.4) is 0 Å². The number of carbonyl (C=O) groups excluding carboxylic acids is 2. The molecule has 2 aromatic heterocycles. The second kappa shape index (κ2) is 8.68. The van der Waals surface area contributed by atoms with Gasteiger partial charge in [0.05, 0.1) is 36.1 Å². The fraction of sp³-hybridized carbons (Fsp3) is 0.300. The molecule has 9 nitrogen and oxygen atoms in total. The van der Waals surface area contributed by atoms with Gasteiger partial charge >= 0.3 is 0 Å². The van der Waals surface area contributed by atoms with Gasteiger partial charge in [-0.25, -0.2) is 0 Å². The van der Waals surface area contributed by atoms with Crippen LogP contribution in [0, 0.1) is 0 Å². The van der Waals surface area contributed by atoms with Crippen molar-refractivity contribution < 1.29 is 14.3 Å². The number of fused-ring (bicyclic) bond motifs is 1. The maximum Gasteiger partial charge on any atom is 0.272 e. The number of aromatic nitrogens is 4. The highest BCUT2D eigenvalue weighted by molar-refractivity contribution is 6.33. The van der Waals surface area contributed by atoms with E-state index in [-0.39, 0.29) is 11.8 Å². The molecule has 1 aliphatic heterocycles. The van der Waals surface area contributed by atoms with Crippen molar-refractivity contribution in [2.45, 2.75) is 13.1 Å². The molecule has 0 fully saturated rings. The van der Waals surface area contributed by atoms with Crippen LogP contribution in [0.2, 0.25) is 5.02 Å². The van der Waals surface area contributed by atoms with Crippen LogP contribution in [-0.2, 0) is 17.8 Å². The molecule has 0 aliphatic carbocycles. The van der Waals surface area contributed by atoms with Crippen LogP contribution in [0.4, 0.5) is 0 Å². The molecule has 2 N–H and O–H groups in total. The molecular formula is C20H21ClN6O3. The third-order valence-corrected chi connectivity index (χ3v) is 5.20. The Balaban J connectivity index is 1.45. The molecule has 1 aromatic carbocycles. The quantitative estimate of drug-likeness (QED) is 0.584. The van der Waals surface area contributed by atoms with Gasteiger partial charge in [0.25, 0.3) is 11.8 Å². The van der Waals surface area contributed by atoms with Crippen molar-refractivity contribution in [2.75, 3.05) is 26.8 Å². The lowest BCUT2D eigenvalue weighted by atomic mass is 10.1. The summed E-state index contributed by atoms with van der Waals surface area (Å²) in [6.45, 7) is 2.20. The van der Waals surface area contributed by atoms with E-state index in [1.54, 1.807) is 34.9 Å². The van der Waals surface area contributed by atoms with Crippen LogP contribution in [0.25, 0.3) is 11.3 Å². The highest BCUT2D eigenvalue weighted by atomic mass is 35.5. The molecule has 3 aromatic rings. The monoisotopic (exact) mass is 428 g/mol. The van der Waals surface area contributed by atoms with Crippen molar-refractivity contribution in [1.29, 1.82) is 0 Å². The number of benzene rings is 1. The number of carbonyl (C=O) groups is 2. The lowest BCUT2D eigenvalue weighted by Gasteiger charge is -2.27. The molecule has 0 bridgehead atoms. The van der Waals surface area contributed by atoms with Gasteiger partial charge in [0.1, 0.15) is 5.69 Å². The van der Waals surface area contributed by atoms with E-state index in [1.165, 1.54) is 0 Å². The van der Waals surface area contributed by atoms with E-state index in [0.29, 0.717) is 54.9 Å². The lowest BCUT2D eigenvalue weighted by molar-refractivity contribution is 0.0699. The second-order valence-electron chi connectivity index (χ2n) is 6.87.